The van der Waals surface area contributed by atoms with Crippen LogP contribution in [0.5, 0.6) is 0 Å². The predicted octanol–water partition coefficient (Wildman–Crippen LogP) is 2.27. The molecule has 0 saturated carbocycles. The zero-order valence-corrected chi connectivity index (χ0v) is 11.0. The second kappa shape index (κ2) is 4.76. The van der Waals surface area contributed by atoms with E-state index in [0.717, 1.165) is 0 Å². The van der Waals surface area contributed by atoms with E-state index in [1.165, 1.54) is 6.92 Å². The average Bonchev–Trinajstić information content (AvgIpc) is 2.08. The molecule has 0 atom stereocenters. The maximum atomic E-state index is 11.1. The van der Waals surface area contributed by atoms with Crippen molar-refractivity contribution < 1.29 is 9.59 Å². The van der Waals surface area contributed by atoms with Gasteiger partial charge in [0.15, 0.2) is 0 Å². The maximum absolute atomic E-state index is 11.1. The van der Waals surface area contributed by atoms with Gasteiger partial charge < -0.3 is 11.1 Å². The first-order valence-corrected chi connectivity index (χ1v) is 5.57. The van der Waals surface area contributed by atoms with Crippen LogP contribution in [0.25, 0.3) is 0 Å². The second-order valence-electron chi connectivity index (χ2n) is 2.86. The van der Waals surface area contributed by atoms with E-state index in [0.29, 0.717) is 14.6 Å². The lowest BCUT2D eigenvalue weighted by Crippen LogP contribution is -2.17. The summed E-state index contributed by atoms with van der Waals surface area (Å²) < 4.78 is 1.30. The van der Waals surface area contributed by atoms with Gasteiger partial charge in [0.1, 0.15) is 0 Å². The predicted molar refractivity (Wildman–Crippen MR) is 64.7 cm³/mol. The molecule has 0 spiro atoms. The van der Waals surface area contributed by atoms with Crippen LogP contribution in [-0.2, 0) is 4.79 Å². The molecule has 80 valence electrons. The molecule has 6 heteroatoms. The molecular weight excluding hydrogens is 328 g/mol. The van der Waals surface area contributed by atoms with Gasteiger partial charge in [0, 0.05) is 15.9 Å². The molecule has 0 heterocycles. The first-order valence-electron chi connectivity index (χ1n) is 3.98. The summed E-state index contributed by atoms with van der Waals surface area (Å²) in [5, 5.41) is 2.54. The summed E-state index contributed by atoms with van der Waals surface area (Å²) in [6, 6.07) is 3.27. The maximum Gasteiger partial charge on any atom is 0.250 e. The van der Waals surface area contributed by atoms with Gasteiger partial charge in [-0.3, -0.25) is 9.59 Å². The summed E-state index contributed by atoms with van der Waals surface area (Å²) in [6.07, 6.45) is 0. The van der Waals surface area contributed by atoms with Crippen molar-refractivity contribution in [3.8, 4) is 0 Å². The molecular formula is C9H8Br2N2O2. The van der Waals surface area contributed by atoms with Gasteiger partial charge in [-0.05, 0) is 28.1 Å². The lowest BCUT2D eigenvalue weighted by atomic mass is 10.1. The quantitative estimate of drug-likeness (QED) is 0.870. The molecule has 0 saturated heterocycles. The highest BCUT2D eigenvalue weighted by atomic mass is 79.9. The molecule has 1 aromatic rings. The Kier molecular flexibility index (Phi) is 3.87. The molecule has 0 aliphatic rings. The number of carbonyl (C=O) groups is 2. The third-order valence-electron chi connectivity index (χ3n) is 1.62. The number of nitrogens with two attached hydrogens (primary N) is 1. The van der Waals surface area contributed by atoms with Crippen LogP contribution in [0.15, 0.2) is 21.1 Å². The Morgan fingerprint density at radius 3 is 2.40 bits per heavy atom. The Bertz CT molecular complexity index is 432. The lowest BCUT2D eigenvalue weighted by Gasteiger charge is -2.10. The number of benzene rings is 1. The molecule has 0 radical (unpaired) electrons. The molecule has 0 fully saturated rings. The molecule has 0 aromatic heterocycles. The SMILES string of the molecule is CC(=O)Nc1c(Br)cc(Br)cc1C(N)=O. The minimum atomic E-state index is -0.597. The number of anilines is 1. The summed E-state index contributed by atoms with van der Waals surface area (Å²) in [5.74, 6) is -0.860. The smallest absolute Gasteiger partial charge is 0.250 e. The van der Waals surface area contributed by atoms with Crippen LogP contribution in [0, 0.1) is 0 Å². The van der Waals surface area contributed by atoms with E-state index in [-0.39, 0.29) is 11.5 Å². The standard InChI is InChI=1S/C9H8Br2N2O2/c1-4(14)13-8-6(9(12)15)2-5(10)3-7(8)11/h2-3H,1H3,(H2,12,15)(H,13,14). The van der Waals surface area contributed by atoms with Crippen molar-refractivity contribution in [1.29, 1.82) is 0 Å². The highest BCUT2D eigenvalue weighted by molar-refractivity contribution is 9.11. The lowest BCUT2D eigenvalue weighted by molar-refractivity contribution is -0.114. The normalized spacial score (nSPS) is 9.80. The Balaban J connectivity index is 3.33. The van der Waals surface area contributed by atoms with E-state index in [1.807, 2.05) is 0 Å². The van der Waals surface area contributed by atoms with Crippen molar-refractivity contribution in [1.82, 2.24) is 0 Å². The van der Waals surface area contributed by atoms with Gasteiger partial charge in [-0.2, -0.15) is 0 Å². The monoisotopic (exact) mass is 334 g/mol. The molecule has 1 rings (SSSR count). The fourth-order valence-electron chi connectivity index (χ4n) is 1.07. The van der Waals surface area contributed by atoms with E-state index < -0.39 is 5.91 Å². The largest absolute Gasteiger partial charge is 0.366 e. The van der Waals surface area contributed by atoms with Crippen LogP contribution in [0.3, 0.4) is 0 Å². The van der Waals surface area contributed by atoms with Crippen molar-refractivity contribution >= 4 is 49.4 Å². The zero-order chi connectivity index (χ0) is 11.6. The molecule has 0 aliphatic heterocycles. The second-order valence-corrected chi connectivity index (χ2v) is 4.63. The van der Waals surface area contributed by atoms with E-state index >= 15 is 0 Å². The number of amides is 2. The van der Waals surface area contributed by atoms with Crippen LogP contribution in [-0.4, -0.2) is 11.8 Å². The van der Waals surface area contributed by atoms with E-state index in [2.05, 4.69) is 37.2 Å². The van der Waals surface area contributed by atoms with Gasteiger partial charge in [0.05, 0.1) is 11.3 Å². The summed E-state index contributed by atoms with van der Waals surface area (Å²) in [4.78, 5) is 22.1. The minimum absolute atomic E-state index is 0.256. The fourth-order valence-corrected chi connectivity index (χ4v) is 2.40. The topological polar surface area (TPSA) is 72.2 Å². The van der Waals surface area contributed by atoms with Crippen LogP contribution < -0.4 is 11.1 Å². The molecule has 4 nitrogen and oxygen atoms in total. The molecule has 0 aliphatic carbocycles. The van der Waals surface area contributed by atoms with Gasteiger partial charge in [-0.25, -0.2) is 0 Å². The van der Waals surface area contributed by atoms with E-state index in [1.54, 1.807) is 12.1 Å². The van der Waals surface area contributed by atoms with E-state index in [4.69, 9.17) is 5.73 Å². The number of nitrogens with one attached hydrogen (secondary N) is 1. The Morgan fingerprint density at radius 1 is 1.33 bits per heavy atom. The van der Waals surface area contributed by atoms with Crippen LogP contribution in [0.2, 0.25) is 0 Å². The van der Waals surface area contributed by atoms with Crippen LogP contribution in [0.1, 0.15) is 17.3 Å². The molecule has 0 unspecified atom stereocenters. The highest BCUT2D eigenvalue weighted by Crippen LogP contribution is 2.30. The highest BCUT2D eigenvalue weighted by Gasteiger charge is 2.13. The Morgan fingerprint density at radius 2 is 1.93 bits per heavy atom. The summed E-state index contributed by atoms with van der Waals surface area (Å²) in [6.45, 7) is 1.36. The van der Waals surface area contributed by atoms with Crippen molar-refractivity contribution in [2.45, 2.75) is 6.92 Å². The van der Waals surface area contributed by atoms with Crippen LogP contribution in [0.4, 0.5) is 5.69 Å². The molecule has 15 heavy (non-hydrogen) atoms. The number of rotatable bonds is 2. The van der Waals surface area contributed by atoms with Crippen LogP contribution >= 0.6 is 31.9 Å². The fraction of sp³-hybridized carbons (Fsp3) is 0.111. The van der Waals surface area contributed by atoms with Crippen molar-refractivity contribution in [3.63, 3.8) is 0 Å². The Labute approximate surface area is 103 Å². The molecule has 3 N–H and O–H groups in total. The number of hydrogen-bond donors (Lipinski definition) is 2. The van der Waals surface area contributed by atoms with Gasteiger partial charge in [0.2, 0.25) is 5.91 Å². The number of carbonyl (C=O) groups excluding carboxylic acids is 2. The molecule has 1 aromatic carbocycles. The van der Waals surface area contributed by atoms with Gasteiger partial charge >= 0.3 is 0 Å². The average molecular weight is 336 g/mol. The molecule has 2 amide bonds. The van der Waals surface area contributed by atoms with Crippen molar-refractivity contribution in [2.24, 2.45) is 5.73 Å². The number of halogens is 2. The van der Waals surface area contributed by atoms with Gasteiger partial charge in [0.25, 0.3) is 5.91 Å². The first-order chi connectivity index (χ1) is 6.91. The zero-order valence-electron chi connectivity index (χ0n) is 7.80. The summed E-state index contributed by atoms with van der Waals surface area (Å²) in [5.41, 5.74) is 5.84. The van der Waals surface area contributed by atoms with Crippen molar-refractivity contribution in [2.75, 3.05) is 5.32 Å². The third-order valence-corrected chi connectivity index (χ3v) is 2.70. The number of primary amides is 1. The third kappa shape index (κ3) is 3.04. The van der Waals surface area contributed by atoms with Gasteiger partial charge in [-0.15, -0.1) is 0 Å². The summed E-state index contributed by atoms with van der Waals surface area (Å²) >= 11 is 6.47. The first kappa shape index (κ1) is 12.2. The molecule has 0 bridgehead atoms. The summed E-state index contributed by atoms with van der Waals surface area (Å²) in [7, 11) is 0. The van der Waals surface area contributed by atoms with E-state index in [9.17, 15) is 9.59 Å². The number of hydrogen-bond acceptors (Lipinski definition) is 2. The Hall–Kier alpha value is -0.880. The minimum Gasteiger partial charge on any atom is -0.366 e. The van der Waals surface area contributed by atoms with Gasteiger partial charge in [-0.1, -0.05) is 15.9 Å². The van der Waals surface area contributed by atoms with Crippen molar-refractivity contribution in [3.05, 3.63) is 26.6 Å².